The van der Waals surface area contributed by atoms with Crippen molar-refractivity contribution >= 4 is 29.2 Å². The van der Waals surface area contributed by atoms with Crippen LogP contribution in [0.4, 0.5) is 5.69 Å². The molecule has 0 unspecified atom stereocenters. The second-order valence-electron chi connectivity index (χ2n) is 8.10. The van der Waals surface area contributed by atoms with E-state index in [1.54, 1.807) is 24.3 Å². The van der Waals surface area contributed by atoms with Gasteiger partial charge in [0.25, 0.3) is 0 Å². The minimum atomic E-state index is -0.406. The van der Waals surface area contributed by atoms with Crippen molar-refractivity contribution < 1.29 is 19.2 Å². The molecule has 0 radical (unpaired) electrons. The summed E-state index contributed by atoms with van der Waals surface area (Å²) in [5.74, 6) is 0.00757. The third-order valence-corrected chi connectivity index (χ3v) is 6.63. The highest BCUT2D eigenvalue weighted by atomic mass is 16.2. The first-order chi connectivity index (χ1) is 13.0. The molecule has 3 amide bonds. The van der Waals surface area contributed by atoms with Crippen LogP contribution in [-0.4, -0.2) is 34.9 Å². The van der Waals surface area contributed by atoms with Gasteiger partial charge >= 0.3 is 0 Å². The molecule has 1 aromatic carbocycles. The largest absolute Gasteiger partial charge is 0.325 e. The number of Topliss-reactive ketones (excluding diaryl/α,β-unsaturated/α-hetero) is 1. The van der Waals surface area contributed by atoms with Crippen LogP contribution in [0.1, 0.15) is 23.7 Å². The normalized spacial score (nSPS) is 35.1. The molecule has 1 aromatic rings. The van der Waals surface area contributed by atoms with E-state index >= 15 is 0 Å². The number of hydrogen-bond donors (Lipinski definition) is 1. The average molecular weight is 364 g/mol. The summed E-state index contributed by atoms with van der Waals surface area (Å²) >= 11 is 0. The molecule has 138 valence electrons. The topological polar surface area (TPSA) is 83.6 Å². The Morgan fingerprint density at radius 2 is 1.56 bits per heavy atom. The number of allylic oxidation sites excluding steroid dienone is 2. The molecule has 6 rings (SSSR count). The fourth-order valence-electron chi connectivity index (χ4n) is 5.31. The molecule has 0 aromatic heterocycles. The minimum Gasteiger partial charge on any atom is -0.325 e. The van der Waals surface area contributed by atoms with Crippen LogP contribution in [0.25, 0.3) is 0 Å². The Bertz CT molecular complexity index is 867. The van der Waals surface area contributed by atoms with Gasteiger partial charge in [0.05, 0.1) is 11.8 Å². The van der Waals surface area contributed by atoms with Crippen LogP contribution in [0, 0.1) is 35.5 Å². The molecule has 0 spiro atoms. The lowest BCUT2D eigenvalue weighted by Gasteiger charge is -2.37. The van der Waals surface area contributed by atoms with Crippen molar-refractivity contribution in [3.05, 3.63) is 42.0 Å². The lowest BCUT2D eigenvalue weighted by atomic mass is 9.63. The summed E-state index contributed by atoms with van der Waals surface area (Å²) in [7, 11) is 0. The monoisotopic (exact) mass is 364 g/mol. The number of rotatable bonds is 4. The highest BCUT2D eigenvalue weighted by Gasteiger charge is 2.67. The smallest absolute Gasteiger partial charge is 0.244 e. The highest BCUT2D eigenvalue weighted by molar-refractivity contribution is 6.09. The van der Waals surface area contributed by atoms with Gasteiger partial charge in [0.1, 0.15) is 6.54 Å². The van der Waals surface area contributed by atoms with Crippen LogP contribution in [0.3, 0.4) is 0 Å². The minimum absolute atomic E-state index is 0.0509. The number of likely N-dealkylation sites (tertiary alicyclic amines) is 1. The van der Waals surface area contributed by atoms with E-state index in [4.69, 9.17) is 0 Å². The fraction of sp³-hybridized carbons (Fsp3) is 0.429. The van der Waals surface area contributed by atoms with E-state index in [0.717, 1.165) is 11.3 Å². The summed E-state index contributed by atoms with van der Waals surface area (Å²) in [5.41, 5.74) is 1.09. The van der Waals surface area contributed by atoms with Gasteiger partial charge in [0, 0.05) is 11.3 Å². The van der Waals surface area contributed by atoms with Gasteiger partial charge < -0.3 is 5.32 Å². The van der Waals surface area contributed by atoms with Crippen LogP contribution in [0.15, 0.2) is 36.4 Å². The zero-order valence-electron chi connectivity index (χ0n) is 14.9. The van der Waals surface area contributed by atoms with Crippen LogP contribution in [0.2, 0.25) is 0 Å². The number of amides is 3. The molecule has 1 heterocycles. The fourth-order valence-corrected chi connectivity index (χ4v) is 5.31. The van der Waals surface area contributed by atoms with Crippen LogP contribution < -0.4 is 5.32 Å². The van der Waals surface area contributed by atoms with Crippen molar-refractivity contribution in [2.75, 3.05) is 11.9 Å². The van der Waals surface area contributed by atoms with Crippen molar-refractivity contribution in [3.63, 3.8) is 0 Å². The summed E-state index contributed by atoms with van der Waals surface area (Å²) in [4.78, 5) is 50.6. The Morgan fingerprint density at radius 3 is 2.07 bits per heavy atom. The van der Waals surface area contributed by atoms with Crippen molar-refractivity contribution in [2.24, 2.45) is 35.5 Å². The maximum absolute atomic E-state index is 12.9. The maximum Gasteiger partial charge on any atom is 0.244 e. The Labute approximate surface area is 156 Å². The summed E-state index contributed by atoms with van der Waals surface area (Å²) in [6.07, 6.45) is 5.35. The molecule has 2 bridgehead atoms. The van der Waals surface area contributed by atoms with Crippen LogP contribution >= 0.6 is 0 Å². The third-order valence-electron chi connectivity index (χ3n) is 6.63. The molecule has 5 aliphatic rings. The van der Waals surface area contributed by atoms with Gasteiger partial charge in [-0.05, 0) is 61.3 Å². The van der Waals surface area contributed by atoms with Gasteiger partial charge in [0.15, 0.2) is 5.78 Å². The SMILES string of the molecule is CC(=O)c1ccc(NC(=O)CN2C(=O)[C@@H]3[C@H]4C=C[C@@H]([C@@H]5C[C@@H]45)[C@@H]3C2=O)cc1. The van der Waals surface area contributed by atoms with Crippen LogP contribution in [-0.2, 0) is 14.4 Å². The van der Waals surface area contributed by atoms with E-state index in [2.05, 4.69) is 17.5 Å². The lowest BCUT2D eigenvalue weighted by molar-refractivity contribution is -0.142. The number of nitrogens with zero attached hydrogens (tertiary/aromatic N) is 1. The van der Waals surface area contributed by atoms with Gasteiger partial charge in [-0.3, -0.25) is 24.1 Å². The third kappa shape index (κ3) is 2.39. The zero-order valence-corrected chi connectivity index (χ0v) is 14.9. The molecule has 4 aliphatic carbocycles. The first kappa shape index (κ1) is 16.4. The van der Waals surface area contributed by atoms with Gasteiger partial charge in [0.2, 0.25) is 17.7 Å². The summed E-state index contributed by atoms with van der Waals surface area (Å²) < 4.78 is 0. The van der Waals surface area contributed by atoms with E-state index in [1.165, 1.54) is 6.92 Å². The predicted octanol–water partition coefficient (Wildman–Crippen LogP) is 1.88. The van der Waals surface area contributed by atoms with E-state index in [1.807, 2.05) is 0 Å². The van der Waals surface area contributed by atoms with Gasteiger partial charge in [-0.25, -0.2) is 0 Å². The first-order valence-electron chi connectivity index (χ1n) is 9.40. The zero-order chi connectivity index (χ0) is 18.9. The van der Waals surface area contributed by atoms with E-state index in [-0.39, 0.29) is 47.8 Å². The van der Waals surface area contributed by atoms with Crippen molar-refractivity contribution in [1.29, 1.82) is 0 Å². The van der Waals surface area contributed by atoms with Crippen LogP contribution in [0.5, 0.6) is 0 Å². The second-order valence-corrected chi connectivity index (χ2v) is 8.10. The number of hydrogen-bond acceptors (Lipinski definition) is 4. The van der Waals surface area contributed by atoms with Crippen molar-refractivity contribution in [3.8, 4) is 0 Å². The average Bonchev–Trinajstić information content (AvgIpc) is 3.43. The standard InChI is InChI=1S/C21H20N2O4/c1-10(24)11-2-4-12(5-3-11)22-17(25)9-23-20(26)18-13-6-7-14(16-8-15(13)16)19(18)21(23)27/h2-7,13-16,18-19H,8-9H2,1H3,(H,22,25)/t13-,14-,15-,16-,18-,19+/m0/s1. The van der Waals surface area contributed by atoms with E-state index in [9.17, 15) is 19.2 Å². The highest BCUT2D eigenvalue weighted by Crippen LogP contribution is 2.65. The summed E-state index contributed by atoms with van der Waals surface area (Å²) in [6.45, 7) is 1.22. The summed E-state index contributed by atoms with van der Waals surface area (Å²) in [5, 5.41) is 2.70. The molecule has 1 N–H and O–H groups in total. The van der Waals surface area contributed by atoms with Gasteiger partial charge in [-0.15, -0.1) is 0 Å². The molecule has 27 heavy (non-hydrogen) atoms. The molecule has 6 atom stereocenters. The molecular weight excluding hydrogens is 344 g/mol. The number of nitrogens with one attached hydrogen (secondary N) is 1. The summed E-state index contributed by atoms with van der Waals surface area (Å²) in [6, 6.07) is 6.54. The maximum atomic E-state index is 12.9. The Kier molecular flexibility index (Phi) is 3.41. The Morgan fingerprint density at radius 1 is 1.00 bits per heavy atom. The van der Waals surface area contributed by atoms with Gasteiger partial charge in [-0.2, -0.15) is 0 Å². The number of imide groups is 1. The molecule has 1 saturated heterocycles. The number of benzene rings is 1. The number of ketones is 1. The lowest BCUT2D eigenvalue weighted by Crippen LogP contribution is -2.40. The number of carbonyl (C=O) groups excluding carboxylic acids is 4. The first-order valence-corrected chi connectivity index (χ1v) is 9.40. The van der Waals surface area contributed by atoms with Crippen molar-refractivity contribution in [1.82, 2.24) is 4.90 Å². The quantitative estimate of drug-likeness (QED) is 0.502. The second kappa shape index (κ2) is 5.62. The molecule has 2 saturated carbocycles. The molecule has 6 heteroatoms. The molecule has 3 fully saturated rings. The van der Waals surface area contributed by atoms with Gasteiger partial charge in [-0.1, -0.05) is 12.2 Å². The van der Waals surface area contributed by atoms with Crippen molar-refractivity contribution in [2.45, 2.75) is 13.3 Å². The molecule has 1 aliphatic heterocycles. The predicted molar refractivity (Wildman–Crippen MR) is 96.5 cm³/mol. The Balaban J connectivity index is 1.29. The molecular formula is C21H20N2O4. The van der Waals surface area contributed by atoms with E-state index < -0.39 is 5.91 Å². The van der Waals surface area contributed by atoms with E-state index in [0.29, 0.717) is 23.1 Å². The number of carbonyl (C=O) groups is 4. The Hall–Kier alpha value is -2.76. The number of anilines is 1. The molecule has 6 nitrogen and oxygen atoms in total.